The third-order valence-corrected chi connectivity index (χ3v) is 8.34. The summed E-state index contributed by atoms with van der Waals surface area (Å²) in [4.78, 5) is 29.4. The zero-order chi connectivity index (χ0) is 21.1. The minimum Gasteiger partial charge on any atom is -0.354 e. The monoisotopic (exact) mass is 426 g/mol. The SMILES string of the molecule is O=C(NCCN1CCC(N2CCCCC2)CC1)C1CN(c2ncccn2)CC12CCC2. The van der Waals surface area contributed by atoms with E-state index in [1.165, 1.54) is 64.7 Å². The number of hydrogen-bond acceptors (Lipinski definition) is 6. The molecule has 5 rings (SSSR count). The van der Waals surface area contributed by atoms with Gasteiger partial charge in [0.1, 0.15) is 0 Å². The van der Waals surface area contributed by atoms with Crippen molar-refractivity contribution >= 4 is 11.9 Å². The summed E-state index contributed by atoms with van der Waals surface area (Å²) in [5.74, 6) is 1.07. The largest absolute Gasteiger partial charge is 0.354 e. The van der Waals surface area contributed by atoms with Crippen LogP contribution in [-0.2, 0) is 4.79 Å². The molecule has 1 atom stereocenters. The van der Waals surface area contributed by atoms with Gasteiger partial charge in [-0.25, -0.2) is 9.97 Å². The number of carbonyl (C=O) groups is 1. The Labute approximate surface area is 186 Å². The summed E-state index contributed by atoms with van der Waals surface area (Å²) < 4.78 is 0. The van der Waals surface area contributed by atoms with Gasteiger partial charge in [-0.15, -0.1) is 0 Å². The maximum absolute atomic E-state index is 13.1. The summed E-state index contributed by atoms with van der Waals surface area (Å²) in [6, 6.07) is 2.63. The molecule has 31 heavy (non-hydrogen) atoms. The molecule has 1 aliphatic carbocycles. The fourth-order valence-corrected chi connectivity index (χ4v) is 6.33. The lowest BCUT2D eigenvalue weighted by molar-refractivity contribution is -0.129. The molecule has 0 radical (unpaired) electrons. The van der Waals surface area contributed by atoms with Crippen molar-refractivity contribution in [3.63, 3.8) is 0 Å². The molecule has 4 fully saturated rings. The van der Waals surface area contributed by atoms with E-state index in [2.05, 4.69) is 30.0 Å². The number of nitrogens with zero attached hydrogens (tertiary/aromatic N) is 5. The first-order valence-electron chi connectivity index (χ1n) is 12.5. The molecule has 7 nitrogen and oxygen atoms in total. The van der Waals surface area contributed by atoms with E-state index in [0.29, 0.717) is 0 Å². The maximum atomic E-state index is 13.1. The zero-order valence-corrected chi connectivity index (χ0v) is 18.8. The third kappa shape index (κ3) is 4.58. The minimum absolute atomic E-state index is 0.0647. The van der Waals surface area contributed by atoms with Crippen LogP contribution in [0.5, 0.6) is 0 Å². The number of anilines is 1. The summed E-state index contributed by atoms with van der Waals surface area (Å²) in [6.45, 7) is 8.35. The van der Waals surface area contributed by atoms with Gasteiger partial charge in [-0.3, -0.25) is 4.79 Å². The van der Waals surface area contributed by atoms with Gasteiger partial charge in [-0.2, -0.15) is 0 Å². The van der Waals surface area contributed by atoms with Gasteiger partial charge >= 0.3 is 0 Å². The van der Waals surface area contributed by atoms with Crippen LogP contribution in [0.1, 0.15) is 51.4 Å². The van der Waals surface area contributed by atoms with E-state index in [0.717, 1.165) is 51.0 Å². The highest BCUT2D eigenvalue weighted by atomic mass is 16.2. The second-order valence-electron chi connectivity index (χ2n) is 10.2. The molecule has 1 saturated carbocycles. The smallest absolute Gasteiger partial charge is 0.225 e. The molecule has 1 spiro atoms. The van der Waals surface area contributed by atoms with Crippen LogP contribution >= 0.6 is 0 Å². The van der Waals surface area contributed by atoms with Crippen molar-refractivity contribution in [3.05, 3.63) is 18.5 Å². The van der Waals surface area contributed by atoms with Gasteiger partial charge in [0.05, 0.1) is 5.92 Å². The van der Waals surface area contributed by atoms with Crippen LogP contribution < -0.4 is 10.2 Å². The molecular weight excluding hydrogens is 388 g/mol. The van der Waals surface area contributed by atoms with E-state index in [1.807, 2.05) is 6.07 Å². The number of hydrogen-bond donors (Lipinski definition) is 1. The summed E-state index contributed by atoms with van der Waals surface area (Å²) >= 11 is 0. The van der Waals surface area contributed by atoms with Gasteiger partial charge < -0.3 is 20.0 Å². The van der Waals surface area contributed by atoms with Crippen LogP contribution in [0.4, 0.5) is 5.95 Å². The molecular formula is C24H38N6O. The molecule has 4 heterocycles. The molecule has 3 saturated heterocycles. The predicted molar refractivity (Wildman–Crippen MR) is 122 cm³/mol. The normalized spacial score (nSPS) is 27.4. The van der Waals surface area contributed by atoms with Crippen LogP contribution in [0.25, 0.3) is 0 Å². The first kappa shape index (κ1) is 21.1. The van der Waals surface area contributed by atoms with Gasteiger partial charge in [-0.05, 0) is 70.8 Å². The predicted octanol–water partition coefficient (Wildman–Crippen LogP) is 2.15. The van der Waals surface area contributed by atoms with Gasteiger partial charge in [0.25, 0.3) is 0 Å². The van der Waals surface area contributed by atoms with Gasteiger partial charge in [0.2, 0.25) is 11.9 Å². The molecule has 1 unspecified atom stereocenters. The molecule has 3 aliphatic heterocycles. The van der Waals surface area contributed by atoms with Crippen LogP contribution in [0.3, 0.4) is 0 Å². The molecule has 0 bridgehead atoms. The van der Waals surface area contributed by atoms with Crippen molar-refractivity contribution in [1.82, 2.24) is 25.1 Å². The van der Waals surface area contributed by atoms with Crippen molar-refractivity contribution in [2.24, 2.45) is 11.3 Å². The first-order valence-corrected chi connectivity index (χ1v) is 12.5. The fraction of sp³-hybridized carbons (Fsp3) is 0.792. The summed E-state index contributed by atoms with van der Waals surface area (Å²) in [6.07, 6.45) is 13.8. The highest BCUT2D eigenvalue weighted by molar-refractivity contribution is 5.81. The number of aromatic nitrogens is 2. The van der Waals surface area contributed by atoms with Crippen molar-refractivity contribution in [3.8, 4) is 0 Å². The lowest BCUT2D eigenvalue weighted by Crippen LogP contribution is -2.49. The van der Waals surface area contributed by atoms with Crippen LogP contribution in [-0.4, -0.2) is 84.1 Å². The van der Waals surface area contributed by atoms with E-state index < -0.39 is 0 Å². The Kier molecular flexibility index (Phi) is 6.41. The number of amides is 1. The Balaban J connectivity index is 1.08. The second kappa shape index (κ2) is 9.41. The zero-order valence-electron chi connectivity index (χ0n) is 18.8. The highest BCUT2D eigenvalue weighted by Crippen LogP contribution is 2.52. The van der Waals surface area contributed by atoms with Crippen LogP contribution in [0, 0.1) is 11.3 Å². The average Bonchev–Trinajstić information content (AvgIpc) is 3.23. The molecule has 1 N–H and O–H groups in total. The number of rotatable bonds is 6. The summed E-state index contributed by atoms with van der Waals surface area (Å²) in [5.41, 5.74) is 0.135. The average molecular weight is 427 g/mol. The minimum atomic E-state index is 0.0647. The molecule has 7 heteroatoms. The number of nitrogens with one attached hydrogen (secondary N) is 1. The highest BCUT2D eigenvalue weighted by Gasteiger charge is 2.53. The maximum Gasteiger partial charge on any atom is 0.225 e. The van der Waals surface area contributed by atoms with Crippen molar-refractivity contribution in [2.45, 2.75) is 57.4 Å². The quantitative estimate of drug-likeness (QED) is 0.752. The lowest BCUT2D eigenvalue weighted by Gasteiger charge is -2.42. The molecule has 0 aromatic carbocycles. The summed E-state index contributed by atoms with van der Waals surface area (Å²) in [7, 11) is 0. The number of likely N-dealkylation sites (tertiary alicyclic amines) is 2. The summed E-state index contributed by atoms with van der Waals surface area (Å²) in [5, 5.41) is 3.28. The Morgan fingerprint density at radius 2 is 1.77 bits per heavy atom. The Morgan fingerprint density at radius 1 is 1.03 bits per heavy atom. The van der Waals surface area contributed by atoms with E-state index in [1.54, 1.807) is 12.4 Å². The lowest BCUT2D eigenvalue weighted by atomic mass is 9.62. The van der Waals surface area contributed by atoms with Crippen LogP contribution in [0.15, 0.2) is 18.5 Å². The van der Waals surface area contributed by atoms with Crippen molar-refractivity contribution in [2.75, 3.05) is 57.3 Å². The van der Waals surface area contributed by atoms with Gasteiger partial charge in [0, 0.05) is 50.0 Å². The second-order valence-corrected chi connectivity index (χ2v) is 10.2. The third-order valence-electron chi connectivity index (χ3n) is 8.34. The molecule has 1 aromatic rings. The Bertz CT molecular complexity index is 725. The van der Waals surface area contributed by atoms with E-state index in [9.17, 15) is 4.79 Å². The van der Waals surface area contributed by atoms with Crippen molar-refractivity contribution in [1.29, 1.82) is 0 Å². The molecule has 1 aromatic heterocycles. The van der Waals surface area contributed by atoms with E-state index in [-0.39, 0.29) is 17.2 Å². The molecule has 1 amide bonds. The van der Waals surface area contributed by atoms with Crippen LogP contribution in [0.2, 0.25) is 0 Å². The number of piperidine rings is 2. The standard InChI is InChI=1S/C24H38N6O/c31-22(21-18-30(19-24(21)8-4-9-24)23-26-10-5-11-27-23)25-12-17-28-15-6-20(7-16-28)29-13-2-1-3-14-29/h5,10-11,20-21H,1-4,6-9,12-19H2,(H,25,31). The first-order chi connectivity index (χ1) is 15.2. The molecule has 170 valence electrons. The number of carbonyl (C=O) groups excluding carboxylic acids is 1. The van der Waals surface area contributed by atoms with E-state index >= 15 is 0 Å². The Morgan fingerprint density at radius 3 is 2.45 bits per heavy atom. The van der Waals surface area contributed by atoms with E-state index in [4.69, 9.17) is 0 Å². The molecule has 4 aliphatic rings. The fourth-order valence-electron chi connectivity index (χ4n) is 6.33. The van der Waals surface area contributed by atoms with Crippen molar-refractivity contribution < 1.29 is 4.79 Å². The van der Waals surface area contributed by atoms with Gasteiger partial charge in [-0.1, -0.05) is 12.8 Å². The van der Waals surface area contributed by atoms with Gasteiger partial charge in [0.15, 0.2) is 0 Å². The topological polar surface area (TPSA) is 64.6 Å². The Hall–Kier alpha value is -1.73.